The van der Waals surface area contributed by atoms with Crippen molar-refractivity contribution in [2.75, 3.05) is 0 Å². The van der Waals surface area contributed by atoms with E-state index in [-0.39, 0.29) is 152 Å². The molecule has 0 aromatic rings. The van der Waals surface area contributed by atoms with Crippen LogP contribution in [-0.4, -0.2) is 92.8 Å². The van der Waals surface area contributed by atoms with E-state index in [1.54, 1.807) is 0 Å². The number of rotatable bonds is 0. The van der Waals surface area contributed by atoms with Gasteiger partial charge in [-0.1, -0.05) is 0 Å². The molecule has 0 atom stereocenters. The Morgan fingerprint density at radius 3 is 0.958 bits per heavy atom. The Balaban J connectivity index is -0.00000000553. The van der Waals surface area contributed by atoms with Crippen LogP contribution in [0.3, 0.4) is 0 Å². The average molecular weight is 520 g/mol. The van der Waals surface area contributed by atoms with Gasteiger partial charge in [-0.15, -0.1) is 24.8 Å². The summed E-state index contributed by atoms with van der Waals surface area (Å²) in [7, 11) is -8.50. The van der Waals surface area contributed by atoms with Crippen LogP contribution in [0.15, 0.2) is 0 Å². The van der Waals surface area contributed by atoms with E-state index in [0.29, 0.717) is 0 Å². The molecule has 146 valence electrons. The van der Waals surface area contributed by atoms with Crippen LogP contribution in [-0.2, 0) is 35.4 Å². The van der Waals surface area contributed by atoms with Crippen molar-refractivity contribution in [2.24, 2.45) is 0 Å². The van der Waals surface area contributed by atoms with Gasteiger partial charge >= 0.3 is 121 Å². The van der Waals surface area contributed by atoms with Crippen molar-refractivity contribution in [3.63, 3.8) is 0 Å². The molecule has 0 aromatic carbocycles. The van der Waals surface area contributed by atoms with Crippen LogP contribution in [0, 0.1) is 0 Å². The van der Waals surface area contributed by atoms with E-state index in [4.69, 9.17) is 55.7 Å². The predicted molar refractivity (Wildman–Crippen MR) is 86.2 cm³/mol. The second-order valence-corrected chi connectivity index (χ2v) is 4.38. The zero-order valence-corrected chi connectivity index (χ0v) is 22.6. The summed E-state index contributed by atoms with van der Waals surface area (Å²) in [4.78, 5) is 16.9. The second kappa shape index (κ2) is 44.9. The summed E-state index contributed by atoms with van der Waals surface area (Å²) in [5, 5.41) is 20.8. The van der Waals surface area contributed by atoms with E-state index in [2.05, 4.69) is 11.2 Å². The summed E-state index contributed by atoms with van der Waals surface area (Å²) in [6, 6.07) is 0. The molecule has 0 fully saturated rings. The van der Waals surface area contributed by atoms with Gasteiger partial charge in [0.2, 0.25) is 0 Å². The Bertz CT molecular complexity index is 369. The molecular weight excluding hydrogens is 502 g/mol. The van der Waals surface area contributed by atoms with Gasteiger partial charge in [0.05, 0.1) is 0 Å². The zero-order chi connectivity index (χ0) is 15.3. The fourth-order valence-electron chi connectivity index (χ4n) is 0. The third-order valence-corrected chi connectivity index (χ3v) is 0. The maximum absolute atomic E-state index is 9.11. The summed E-state index contributed by atoms with van der Waals surface area (Å²) in [6.45, 7) is -0.250. The fourth-order valence-corrected chi connectivity index (χ4v) is 0. The molecule has 0 rings (SSSR count). The van der Waals surface area contributed by atoms with Crippen LogP contribution in [0.5, 0.6) is 0 Å². The minimum Gasteiger partial charge on any atom is -1.00 e. The largest absolute Gasteiger partial charge is 2.00 e. The molecule has 0 amide bonds. The van der Waals surface area contributed by atoms with Gasteiger partial charge in [-0.05, 0) is 0 Å². The van der Waals surface area contributed by atoms with E-state index in [0.717, 1.165) is 0 Å². The third-order valence-electron chi connectivity index (χ3n) is 0. The van der Waals surface area contributed by atoms with Crippen molar-refractivity contribution < 1.29 is 153 Å². The monoisotopic (exact) mass is 518 g/mol. The minimum atomic E-state index is -4.67. The number of carboxylic acid groups (broad SMARTS) is 3. The molecule has 22 heteroatoms. The van der Waals surface area contributed by atoms with Gasteiger partial charge in [-0.2, -0.15) is 12.6 Å². The van der Waals surface area contributed by atoms with Gasteiger partial charge in [0.1, 0.15) is 0 Å². The summed E-state index contributed by atoms with van der Waals surface area (Å²) in [5.41, 5.74) is 0. The molecule has 11 N–H and O–H groups in total. The molecular formula is C2H18Cl2KMgNaO14S3. The van der Waals surface area contributed by atoms with Crippen LogP contribution in [0.25, 0.3) is 0 Å². The Labute approximate surface area is 240 Å². The fraction of sp³-hybridized carbons (Fsp3) is 0. The van der Waals surface area contributed by atoms with Crippen LogP contribution in [0.2, 0.25) is 0 Å². The standard InChI is InChI=1S/CH2O3.CH2O2.2ClH.K.Mg.Na.H2O4S.H2O3S2.2H2O.4H/c2-1(3)4;2-1-3;;;;;;2*1-5(2,3)4;;;;;;/h(H2,2,3,4);1H,(H,2,3);2*1H;;;;2*(H2,1,2,3,4);2*1H2;;;;/q;;;;+1;+2;+1;;;;;4*-1. The van der Waals surface area contributed by atoms with Crippen molar-refractivity contribution >= 4 is 91.1 Å². The minimum absolute atomic E-state index is 0. The smallest absolute Gasteiger partial charge is 1.00 e. The topological polar surface area (TPSA) is 290 Å². The molecule has 0 spiro atoms. The molecule has 0 aromatic heterocycles. The molecule has 14 nitrogen and oxygen atoms in total. The van der Waals surface area contributed by atoms with Crippen LogP contribution in [0.1, 0.15) is 5.71 Å². The molecule has 0 saturated carbocycles. The zero-order valence-electron chi connectivity index (χ0n) is 16.0. The first kappa shape index (κ1) is 71.5. The first-order valence-electron chi connectivity index (χ1n) is 2.54. The molecule has 0 heterocycles. The molecule has 0 aliphatic rings. The molecule has 0 aliphatic heterocycles. The number of hydrogen-bond acceptors (Lipinski definition) is 6. The molecule has 0 unspecified atom stereocenters. The molecule has 0 radical (unpaired) electrons. The van der Waals surface area contributed by atoms with Gasteiger partial charge in [0.15, 0.2) is 0 Å². The van der Waals surface area contributed by atoms with Crippen molar-refractivity contribution in [2.45, 2.75) is 0 Å². The van der Waals surface area contributed by atoms with Crippen molar-refractivity contribution in [1.82, 2.24) is 0 Å². The van der Waals surface area contributed by atoms with Crippen molar-refractivity contribution in [3.8, 4) is 0 Å². The second-order valence-electron chi connectivity index (χ2n) is 1.28. The first-order chi connectivity index (χ1) is 7.15. The summed E-state index contributed by atoms with van der Waals surface area (Å²) < 4.78 is 55.5. The normalized spacial score (nSPS) is 6.33. The first-order valence-corrected chi connectivity index (χ1v) is 6.34. The quantitative estimate of drug-likeness (QED) is 0.0889. The summed E-state index contributed by atoms with van der Waals surface area (Å²) in [6.07, 6.45) is -1.83. The Morgan fingerprint density at radius 2 is 0.958 bits per heavy atom. The van der Waals surface area contributed by atoms with Gasteiger partial charge in [0.25, 0.3) is 15.5 Å². The Kier molecular flexibility index (Phi) is 134. The summed E-state index contributed by atoms with van der Waals surface area (Å²) >= 11 is 3.47. The van der Waals surface area contributed by atoms with Crippen LogP contribution < -0.4 is 80.9 Å². The molecule has 24 heavy (non-hydrogen) atoms. The van der Waals surface area contributed by atoms with E-state index < -0.39 is 25.6 Å². The third kappa shape index (κ3) is 1790. The van der Waals surface area contributed by atoms with E-state index in [9.17, 15) is 0 Å². The van der Waals surface area contributed by atoms with Gasteiger partial charge in [-0.25, -0.2) is 4.79 Å². The maximum Gasteiger partial charge on any atom is 2.00 e. The molecule has 0 bridgehead atoms. The Morgan fingerprint density at radius 1 is 0.958 bits per heavy atom. The maximum atomic E-state index is 9.11. The van der Waals surface area contributed by atoms with Crippen molar-refractivity contribution in [3.05, 3.63) is 0 Å². The van der Waals surface area contributed by atoms with Gasteiger partial charge in [0, 0.05) is 11.2 Å². The van der Waals surface area contributed by atoms with Crippen molar-refractivity contribution in [1.29, 1.82) is 0 Å². The summed E-state index contributed by atoms with van der Waals surface area (Å²) in [5.74, 6) is 0. The predicted octanol–water partition coefficient (Wildman–Crippen LogP) is -7.78. The van der Waals surface area contributed by atoms with E-state index in [1.165, 1.54) is 0 Å². The van der Waals surface area contributed by atoms with Crippen LogP contribution in [0.4, 0.5) is 4.79 Å². The van der Waals surface area contributed by atoms with E-state index >= 15 is 0 Å². The number of hydrogen-bond donors (Lipinski definition) is 7. The average Bonchev–Trinajstić information content (AvgIpc) is 1.74. The Hall–Kier alpha value is 2.80. The molecule has 0 aliphatic carbocycles. The SMILES string of the molecule is Cl.Cl.O.O.O=C(O)O.O=CO.O=S(=O)(O)O.O=S(O)(O)=S.[H-].[H-].[H-].[H-].[K+].[Mg+2].[Na+]. The van der Waals surface area contributed by atoms with Gasteiger partial charge in [-0.3, -0.25) is 23.0 Å². The number of carbonyl (C=O) groups is 2. The van der Waals surface area contributed by atoms with E-state index in [1.807, 2.05) is 0 Å². The number of halogens is 2. The molecule has 0 saturated heterocycles. The van der Waals surface area contributed by atoms with Gasteiger partial charge < -0.3 is 32.0 Å². The van der Waals surface area contributed by atoms with Crippen LogP contribution >= 0.6 is 24.8 Å².